The van der Waals surface area contributed by atoms with Gasteiger partial charge >= 0.3 is 0 Å². The van der Waals surface area contributed by atoms with Crippen LogP contribution in [0.3, 0.4) is 0 Å². The molecule has 0 amide bonds. The van der Waals surface area contributed by atoms with Crippen molar-refractivity contribution in [3.8, 4) is 17.1 Å². The molecule has 0 saturated heterocycles. The normalized spacial score (nSPS) is 10.9. The molecule has 0 fully saturated rings. The predicted octanol–water partition coefficient (Wildman–Crippen LogP) is 4.41. The molecule has 3 rings (SSSR count). The van der Waals surface area contributed by atoms with Crippen molar-refractivity contribution in [3.05, 3.63) is 52.9 Å². The first-order chi connectivity index (χ1) is 10.1. The smallest absolute Gasteiger partial charge is 0.164 e. The van der Waals surface area contributed by atoms with Crippen LogP contribution in [0, 0.1) is 12.7 Å². The summed E-state index contributed by atoms with van der Waals surface area (Å²) >= 11 is 6.23. The van der Waals surface area contributed by atoms with Gasteiger partial charge in [-0.1, -0.05) is 23.7 Å². The molecule has 0 unspecified atom stereocenters. The van der Waals surface area contributed by atoms with Gasteiger partial charge in [0.15, 0.2) is 5.82 Å². The van der Waals surface area contributed by atoms with Gasteiger partial charge in [0.05, 0.1) is 18.2 Å². The van der Waals surface area contributed by atoms with Crippen molar-refractivity contribution in [2.45, 2.75) is 6.92 Å². The molecule has 106 valence electrons. The van der Waals surface area contributed by atoms with Crippen LogP contribution >= 0.6 is 11.6 Å². The van der Waals surface area contributed by atoms with E-state index in [4.69, 9.17) is 16.3 Å². The quantitative estimate of drug-likeness (QED) is 0.658. The molecule has 0 N–H and O–H groups in total. The average Bonchev–Trinajstić information content (AvgIpc) is 2.46. The van der Waals surface area contributed by atoms with Gasteiger partial charge in [-0.05, 0) is 30.7 Å². The third-order valence-corrected chi connectivity index (χ3v) is 3.58. The van der Waals surface area contributed by atoms with E-state index in [1.165, 1.54) is 13.2 Å². The Morgan fingerprint density at radius 1 is 1.14 bits per heavy atom. The maximum Gasteiger partial charge on any atom is 0.164 e. The Labute approximate surface area is 126 Å². The summed E-state index contributed by atoms with van der Waals surface area (Å²) in [5.74, 6) is 0.259. The fraction of sp³-hybridized carbons (Fsp3) is 0.125. The fourth-order valence-corrected chi connectivity index (χ4v) is 2.55. The minimum Gasteiger partial charge on any atom is -0.497 e. The number of hydrogen-bond donors (Lipinski definition) is 0. The number of halogens is 2. The molecule has 0 atom stereocenters. The highest BCUT2D eigenvalue weighted by molar-refractivity contribution is 6.34. The van der Waals surface area contributed by atoms with Crippen molar-refractivity contribution >= 4 is 22.5 Å². The lowest BCUT2D eigenvalue weighted by molar-refractivity contribution is 0.411. The van der Waals surface area contributed by atoms with E-state index in [-0.39, 0.29) is 5.82 Å². The lowest BCUT2D eigenvalue weighted by Crippen LogP contribution is -1.96. The highest BCUT2D eigenvalue weighted by Crippen LogP contribution is 2.29. The number of ether oxygens (including phenoxy) is 1. The molecule has 1 heterocycles. The fourth-order valence-electron chi connectivity index (χ4n) is 2.23. The van der Waals surface area contributed by atoms with Crippen molar-refractivity contribution in [2.24, 2.45) is 0 Å². The number of fused-ring (bicyclic) bond motifs is 1. The largest absolute Gasteiger partial charge is 0.497 e. The molecule has 0 saturated carbocycles. The van der Waals surface area contributed by atoms with E-state index in [0.717, 1.165) is 10.9 Å². The summed E-state index contributed by atoms with van der Waals surface area (Å²) in [7, 11) is 1.49. The average molecular weight is 303 g/mol. The molecule has 1 aromatic heterocycles. The summed E-state index contributed by atoms with van der Waals surface area (Å²) in [4.78, 5) is 8.63. The van der Waals surface area contributed by atoms with Crippen LogP contribution in [0.4, 0.5) is 4.39 Å². The monoisotopic (exact) mass is 302 g/mol. The van der Waals surface area contributed by atoms with Gasteiger partial charge in [0.25, 0.3) is 0 Å². The molecule has 5 heteroatoms. The summed E-state index contributed by atoms with van der Waals surface area (Å²) in [5, 5.41) is 1.11. The van der Waals surface area contributed by atoms with Crippen molar-refractivity contribution in [1.29, 1.82) is 0 Å². The number of aryl methyl sites for hydroxylation is 1. The van der Waals surface area contributed by atoms with Crippen molar-refractivity contribution in [1.82, 2.24) is 9.97 Å². The molecule has 3 aromatic rings. The molecule has 0 spiro atoms. The Morgan fingerprint density at radius 3 is 2.67 bits per heavy atom. The third kappa shape index (κ3) is 2.43. The van der Waals surface area contributed by atoms with E-state index >= 15 is 0 Å². The number of benzene rings is 2. The van der Waals surface area contributed by atoms with E-state index in [9.17, 15) is 4.39 Å². The zero-order valence-electron chi connectivity index (χ0n) is 11.5. The van der Waals surface area contributed by atoms with Crippen LogP contribution in [0.15, 0.2) is 36.4 Å². The second kappa shape index (κ2) is 5.30. The van der Waals surface area contributed by atoms with Gasteiger partial charge in [-0.25, -0.2) is 14.4 Å². The van der Waals surface area contributed by atoms with Gasteiger partial charge in [-0.3, -0.25) is 0 Å². The molecule has 0 aliphatic carbocycles. The van der Waals surface area contributed by atoms with Crippen LogP contribution in [-0.4, -0.2) is 17.1 Å². The number of methoxy groups -OCH3 is 1. The molecule has 2 aromatic carbocycles. The Kier molecular flexibility index (Phi) is 3.47. The van der Waals surface area contributed by atoms with Crippen molar-refractivity contribution in [3.63, 3.8) is 0 Å². The van der Waals surface area contributed by atoms with Crippen LogP contribution in [0.25, 0.3) is 22.3 Å². The van der Waals surface area contributed by atoms with Gasteiger partial charge in [-0.2, -0.15) is 0 Å². The highest BCUT2D eigenvalue weighted by Gasteiger charge is 2.13. The maximum absolute atomic E-state index is 14.1. The standard InChI is InChI=1S/C16H12ClFN2O/c1-9-4-3-5-13-14(9)15(17)20-16(19-13)11-7-6-10(21-2)8-12(11)18/h3-8H,1-2H3. The summed E-state index contributed by atoms with van der Waals surface area (Å²) in [6.07, 6.45) is 0. The van der Waals surface area contributed by atoms with Crippen LogP contribution in [0.2, 0.25) is 5.15 Å². The Morgan fingerprint density at radius 2 is 1.95 bits per heavy atom. The second-order valence-electron chi connectivity index (χ2n) is 4.65. The Hall–Kier alpha value is -2.20. The Bertz CT molecular complexity index is 836. The molecule has 3 nitrogen and oxygen atoms in total. The van der Waals surface area contributed by atoms with Crippen LogP contribution < -0.4 is 4.74 Å². The first-order valence-corrected chi connectivity index (χ1v) is 6.74. The summed E-state index contributed by atoms with van der Waals surface area (Å²) in [6, 6.07) is 10.2. The van der Waals surface area contributed by atoms with Gasteiger partial charge < -0.3 is 4.74 Å². The third-order valence-electron chi connectivity index (χ3n) is 3.30. The van der Waals surface area contributed by atoms with Crippen LogP contribution in [-0.2, 0) is 0 Å². The minimum absolute atomic E-state index is 0.262. The van der Waals surface area contributed by atoms with Gasteiger partial charge in [0, 0.05) is 11.5 Å². The zero-order chi connectivity index (χ0) is 15.0. The predicted molar refractivity (Wildman–Crippen MR) is 81.2 cm³/mol. The van der Waals surface area contributed by atoms with E-state index in [1.807, 2.05) is 25.1 Å². The lowest BCUT2D eigenvalue weighted by atomic mass is 10.1. The van der Waals surface area contributed by atoms with Crippen LogP contribution in [0.1, 0.15) is 5.56 Å². The molecular formula is C16H12ClFN2O. The molecule has 21 heavy (non-hydrogen) atoms. The number of rotatable bonds is 2. The topological polar surface area (TPSA) is 35.0 Å². The lowest BCUT2D eigenvalue weighted by Gasteiger charge is -2.08. The van der Waals surface area contributed by atoms with Crippen molar-refractivity contribution < 1.29 is 9.13 Å². The summed E-state index contributed by atoms with van der Waals surface area (Å²) < 4.78 is 19.1. The molecule has 0 bridgehead atoms. The highest BCUT2D eigenvalue weighted by atomic mass is 35.5. The maximum atomic E-state index is 14.1. The number of nitrogens with zero attached hydrogens (tertiary/aromatic N) is 2. The first-order valence-electron chi connectivity index (χ1n) is 6.37. The van der Waals surface area contributed by atoms with E-state index in [2.05, 4.69) is 9.97 Å². The van der Waals surface area contributed by atoms with Crippen LogP contribution in [0.5, 0.6) is 5.75 Å². The van der Waals surface area contributed by atoms with E-state index in [0.29, 0.717) is 22.0 Å². The molecule has 0 radical (unpaired) electrons. The van der Waals surface area contributed by atoms with Crippen molar-refractivity contribution in [2.75, 3.05) is 7.11 Å². The minimum atomic E-state index is -0.447. The summed E-state index contributed by atoms with van der Waals surface area (Å²) in [5.41, 5.74) is 1.97. The second-order valence-corrected chi connectivity index (χ2v) is 5.01. The SMILES string of the molecule is COc1ccc(-c2nc(Cl)c3c(C)cccc3n2)c(F)c1. The molecule has 0 aliphatic rings. The Balaban J connectivity index is 2.22. The zero-order valence-corrected chi connectivity index (χ0v) is 12.3. The van der Waals surface area contributed by atoms with E-state index in [1.54, 1.807) is 12.1 Å². The molecule has 0 aliphatic heterocycles. The number of aromatic nitrogens is 2. The number of hydrogen-bond acceptors (Lipinski definition) is 3. The first kappa shape index (κ1) is 13.8. The van der Waals surface area contributed by atoms with E-state index < -0.39 is 5.82 Å². The van der Waals surface area contributed by atoms with Gasteiger partial charge in [0.2, 0.25) is 0 Å². The van der Waals surface area contributed by atoms with Gasteiger partial charge in [-0.15, -0.1) is 0 Å². The molecular weight excluding hydrogens is 291 g/mol. The summed E-state index contributed by atoms with van der Waals surface area (Å²) in [6.45, 7) is 1.94. The van der Waals surface area contributed by atoms with Gasteiger partial charge in [0.1, 0.15) is 16.7 Å².